The number of carbonyl (C=O) groups excluding carboxylic acids is 1. The van der Waals surface area contributed by atoms with E-state index in [9.17, 15) is 4.79 Å². The van der Waals surface area contributed by atoms with Gasteiger partial charge < -0.3 is 20.7 Å². The fourth-order valence-electron chi connectivity index (χ4n) is 1.43. The number of hydrogen-bond acceptors (Lipinski definition) is 7. The average molecular weight is 296 g/mol. The lowest BCUT2D eigenvalue weighted by atomic mass is 10.5. The number of anilines is 2. The zero-order valence-corrected chi connectivity index (χ0v) is 13.1. The number of likely N-dealkylation sites (N-methyl/N-ethyl adjacent to an activating group) is 1. The summed E-state index contributed by atoms with van der Waals surface area (Å²) in [5.41, 5.74) is 0. The molecule has 1 aromatic heterocycles. The van der Waals surface area contributed by atoms with Crippen LogP contribution in [0.2, 0.25) is 0 Å². The predicted octanol–water partition coefficient (Wildman–Crippen LogP) is 1.03. The van der Waals surface area contributed by atoms with Gasteiger partial charge in [0.1, 0.15) is 0 Å². The SMILES string of the molecule is CCCNc1nc(NCC(=O)NCC)nc(OC(C)C)n1. The molecule has 0 radical (unpaired) electrons. The lowest BCUT2D eigenvalue weighted by Crippen LogP contribution is -2.30. The van der Waals surface area contributed by atoms with Gasteiger partial charge in [0.2, 0.25) is 17.8 Å². The number of nitrogens with zero attached hydrogens (tertiary/aromatic N) is 3. The van der Waals surface area contributed by atoms with Crippen molar-refractivity contribution in [3.63, 3.8) is 0 Å². The van der Waals surface area contributed by atoms with Gasteiger partial charge in [-0.3, -0.25) is 4.79 Å². The van der Waals surface area contributed by atoms with Crippen molar-refractivity contribution >= 4 is 17.8 Å². The smallest absolute Gasteiger partial charge is 0.323 e. The Labute approximate surface area is 125 Å². The Bertz CT molecular complexity index is 452. The number of ether oxygens (including phenoxy) is 1. The quantitative estimate of drug-likeness (QED) is 0.625. The third-order valence-corrected chi connectivity index (χ3v) is 2.27. The number of carbonyl (C=O) groups is 1. The third-order valence-electron chi connectivity index (χ3n) is 2.27. The molecule has 1 amide bonds. The molecule has 21 heavy (non-hydrogen) atoms. The molecule has 1 aromatic rings. The summed E-state index contributed by atoms with van der Waals surface area (Å²) in [5.74, 6) is 0.624. The molecule has 0 aliphatic rings. The first kappa shape index (κ1) is 16.9. The van der Waals surface area contributed by atoms with Crippen molar-refractivity contribution in [1.29, 1.82) is 0 Å². The van der Waals surface area contributed by atoms with Gasteiger partial charge in [0.25, 0.3) is 0 Å². The van der Waals surface area contributed by atoms with E-state index < -0.39 is 0 Å². The zero-order valence-electron chi connectivity index (χ0n) is 13.1. The summed E-state index contributed by atoms with van der Waals surface area (Å²) < 4.78 is 5.49. The molecule has 3 N–H and O–H groups in total. The molecular weight excluding hydrogens is 272 g/mol. The molecule has 1 heterocycles. The maximum Gasteiger partial charge on any atom is 0.323 e. The predicted molar refractivity (Wildman–Crippen MR) is 81.5 cm³/mol. The molecule has 1 rings (SSSR count). The minimum atomic E-state index is -0.118. The number of aromatic nitrogens is 3. The minimum absolute atomic E-state index is 0.0392. The van der Waals surface area contributed by atoms with E-state index in [1.807, 2.05) is 27.7 Å². The maximum absolute atomic E-state index is 11.4. The standard InChI is InChI=1S/C13H24N6O2/c1-5-7-15-11-17-12(16-8-10(20)14-6-2)19-13(18-11)21-9(3)4/h9H,5-8H2,1-4H3,(H,14,20)(H2,15,16,17,18,19). The van der Waals surface area contributed by atoms with E-state index in [4.69, 9.17) is 4.74 Å². The Morgan fingerprint density at radius 1 is 1.14 bits per heavy atom. The van der Waals surface area contributed by atoms with Gasteiger partial charge in [-0.15, -0.1) is 0 Å². The van der Waals surface area contributed by atoms with Crippen molar-refractivity contribution in [2.24, 2.45) is 0 Å². The van der Waals surface area contributed by atoms with Crippen molar-refractivity contribution in [1.82, 2.24) is 20.3 Å². The Hall–Kier alpha value is -2.12. The Balaban J connectivity index is 2.77. The highest BCUT2D eigenvalue weighted by Crippen LogP contribution is 2.12. The number of amides is 1. The van der Waals surface area contributed by atoms with Crippen LogP contribution in [0, 0.1) is 0 Å². The van der Waals surface area contributed by atoms with Crippen LogP contribution in [0.1, 0.15) is 34.1 Å². The lowest BCUT2D eigenvalue weighted by Gasteiger charge is -2.12. The summed E-state index contributed by atoms with van der Waals surface area (Å²) in [6.07, 6.45) is 0.913. The van der Waals surface area contributed by atoms with E-state index in [0.29, 0.717) is 18.4 Å². The first-order valence-electron chi connectivity index (χ1n) is 7.22. The molecule has 0 atom stereocenters. The molecule has 8 heteroatoms. The van der Waals surface area contributed by atoms with Crippen LogP contribution in [-0.2, 0) is 4.79 Å². The van der Waals surface area contributed by atoms with Gasteiger partial charge in [-0.2, -0.15) is 15.0 Å². The van der Waals surface area contributed by atoms with Crippen molar-refractivity contribution < 1.29 is 9.53 Å². The number of nitrogens with one attached hydrogen (secondary N) is 3. The first-order valence-corrected chi connectivity index (χ1v) is 7.22. The number of hydrogen-bond donors (Lipinski definition) is 3. The van der Waals surface area contributed by atoms with Crippen molar-refractivity contribution in [3.05, 3.63) is 0 Å². The molecule has 0 spiro atoms. The summed E-state index contributed by atoms with van der Waals surface area (Å²) in [5, 5.41) is 8.64. The molecule has 118 valence electrons. The summed E-state index contributed by atoms with van der Waals surface area (Å²) in [6, 6.07) is 0.233. The van der Waals surface area contributed by atoms with Crippen LogP contribution in [0.4, 0.5) is 11.9 Å². The van der Waals surface area contributed by atoms with Crippen LogP contribution < -0.4 is 20.7 Å². The number of rotatable bonds is 9. The van der Waals surface area contributed by atoms with Gasteiger partial charge in [0, 0.05) is 13.1 Å². The van der Waals surface area contributed by atoms with E-state index in [1.165, 1.54) is 0 Å². The highest BCUT2D eigenvalue weighted by molar-refractivity contribution is 5.80. The van der Waals surface area contributed by atoms with Crippen LogP contribution in [0.15, 0.2) is 0 Å². The van der Waals surface area contributed by atoms with Crippen LogP contribution >= 0.6 is 0 Å². The Morgan fingerprint density at radius 2 is 1.81 bits per heavy atom. The lowest BCUT2D eigenvalue weighted by molar-refractivity contribution is -0.119. The highest BCUT2D eigenvalue weighted by atomic mass is 16.5. The van der Waals surface area contributed by atoms with Gasteiger partial charge in [-0.05, 0) is 27.2 Å². The Morgan fingerprint density at radius 3 is 2.38 bits per heavy atom. The van der Waals surface area contributed by atoms with E-state index in [0.717, 1.165) is 13.0 Å². The molecule has 0 unspecified atom stereocenters. The van der Waals surface area contributed by atoms with E-state index >= 15 is 0 Å². The molecule has 0 aliphatic carbocycles. The fraction of sp³-hybridized carbons (Fsp3) is 0.692. The average Bonchev–Trinajstić information content (AvgIpc) is 2.42. The molecule has 0 aliphatic heterocycles. The molecule has 0 saturated carbocycles. The first-order chi connectivity index (χ1) is 10.0. The zero-order chi connectivity index (χ0) is 15.7. The molecule has 0 saturated heterocycles. The summed E-state index contributed by atoms with van der Waals surface area (Å²) in [6.45, 7) is 9.14. The second kappa shape index (κ2) is 8.93. The monoisotopic (exact) mass is 296 g/mol. The Kier molecular flexibility index (Phi) is 7.20. The second-order valence-electron chi connectivity index (χ2n) is 4.67. The van der Waals surface area contributed by atoms with Crippen molar-refractivity contribution in [3.8, 4) is 6.01 Å². The molecule has 0 fully saturated rings. The van der Waals surface area contributed by atoms with Gasteiger partial charge >= 0.3 is 6.01 Å². The highest BCUT2D eigenvalue weighted by Gasteiger charge is 2.09. The van der Waals surface area contributed by atoms with Gasteiger partial charge in [0.05, 0.1) is 12.6 Å². The topological polar surface area (TPSA) is 101 Å². The molecular formula is C13H24N6O2. The van der Waals surface area contributed by atoms with E-state index in [2.05, 4.69) is 30.9 Å². The van der Waals surface area contributed by atoms with Crippen LogP contribution in [0.5, 0.6) is 6.01 Å². The molecule has 8 nitrogen and oxygen atoms in total. The molecule has 0 aromatic carbocycles. The van der Waals surface area contributed by atoms with Gasteiger partial charge in [-0.1, -0.05) is 6.92 Å². The largest absolute Gasteiger partial charge is 0.461 e. The fourth-order valence-corrected chi connectivity index (χ4v) is 1.43. The van der Waals surface area contributed by atoms with E-state index in [-0.39, 0.29) is 24.6 Å². The summed E-state index contributed by atoms with van der Waals surface area (Å²) >= 11 is 0. The summed E-state index contributed by atoms with van der Waals surface area (Å²) in [7, 11) is 0. The van der Waals surface area contributed by atoms with Crippen LogP contribution in [0.3, 0.4) is 0 Å². The minimum Gasteiger partial charge on any atom is -0.461 e. The maximum atomic E-state index is 11.4. The van der Waals surface area contributed by atoms with Crippen molar-refractivity contribution in [2.75, 3.05) is 30.3 Å². The third kappa shape index (κ3) is 6.73. The molecule has 0 bridgehead atoms. The van der Waals surface area contributed by atoms with Crippen LogP contribution in [0.25, 0.3) is 0 Å². The van der Waals surface area contributed by atoms with Gasteiger partial charge in [-0.25, -0.2) is 0 Å². The summed E-state index contributed by atoms with van der Waals surface area (Å²) in [4.78, 5) is 24.0. The second-order valence-corrected chi connectivity index (χ2v) is 4.67. The van der Waals surface area contributed by atoms with E-state index in [1.54, 1.807) is 0 Å². The normalized spacial score (nSPS) is 10.3. The van der Waals surface area contributed by atoms with Crippen molar-refractivity contribution in [2.45, 2.75) is 40.2 Å². The van der Waals surface area contributed by atoms with Crippen LogP contribution in [-0.4, -0.2) is 46.6 Å². The van der Waals surface area contributed by atoms with Gasteiger partial charge in [0.15, 0.2) is 0 Å².